The van der Waals surface area contributed by atoms with Gasteiger partial charge in [-0.3, -0.25) is 9.97 Å². The van der Waals surface area contributed by atoms with Gasteiger partial charge in [-0.2, -0.15) is 0 Å². The third kappa shape index (κ3) is 4.12. The number of aromatic nitrogens is 4. The van der Waals surface area contributed by atoms with E-state index >= 15 is 0 Å². The number of aliphatic hydroxyl groups is 1. The Bertz CT molecular complexity index is 1550. The molecule has 1 saturated heterocycles. The molecule has 1 aromatic carbocycles. The zero-order valence-electron chi connectivity index (χ0n) is 21.7. The van der Waals surface area contributed by atoms with Gasteiger partial charge in [-0.15, -0.1) is 0 Å². The summed E-state index contributed by atoms with van der Waals surface area (Å²) in [6.07, 6.45) is 5.70. The molecule has 5 heterocycles. The lowest BCUT2D eigenvalue weighted by Crippen LogP contribution is -2.27. The summed E-state index contributed by atoms with van der Waals surface area (Å²) in [5, 5.41) is 16.0. The SMILES string of the molecule is Cc1noc(C)c1-c1cnc2c3cnc(C(C)(C)O)cc3n([C@H](c3ccccc3)C3CCOCC3)c2c1. The van der Waals surface area contributed by atoms with Gasteiger partial charge in [0.05, 0.1) is 34.0 Å². The molecule has 1 aliphatic rings. The van der Waals surface area contributed by atoms with Crippen LogP contribution in [0.4, 0.5) is 0 Å². The quantitative estimate of drug-likeness (QED) is 0.316. The van der Waals surface area contributed by atoms with E-state index in [4.69, 9.17) is 14.2 Å². The molecule has 0 amide bonds. The number of nitrogens with zero attached hydrogens (tertiary/aromatic N) is 4. The smallest absolute Gasteiger partial charge is 0.141 e. The molecule has 1 aliphatic heterocycles. The van der Waals surface area contributed by atoms with Crippen molar-refractivity contribution in [2.24, 2.45) is 5.92 Å². The van der Waals surface area contributed by atoms with Crippen LogP contribution in [0.2, 0.25) is 0 Å². The van der Waals surface area contributed by atoms with Crippen molar-refractivity contribution in [2.75, 3.05) is 13.2 Å². The Labute approximate surface area is 216 Å². The number of hydrogen-bond acceptors (Lipinski definition) is 6. The Morgan fingerprint density at radius 3 is 2.43 bits per heavy atom. The molecule has 4 aromatic heterocycles. The standard InChI is InChI=1S/C30H32N4O3/c1-18-27(19(2)37-33-18)22-14-25-28(32-16-22)23-17-31-26(30(3,4)35)15-24(23)34(25)29(20-8-6-5-7-9-20)21-10-12-36-13-11-21/h5-9,14-17,21,29,35H,10-13H2,1-4H3/t29-/m1/s1. The lowest BCUT2D eigenvalue weighted by Gasteiger charge is -2.33. The molecule has 37 heavy (non-hydrogen) atoms. The minimum Gasteiger partial charge on any atom is -0.384 e. The summed E-state index contributed by atoms with van der Waals surface area (Å²) in [5.41, 5.74) is 6.56. The van der Waals surface area contributed by atoms with Crippen molar-refractivity contribution in [1.29, 1.82) is 0 Å². The van der Waals surface area contributed by atoms with Crippen molar-refractivity contribution in [2.45, 2.75) is 52.2 Å². The van der Waals surface area contributed by atoms with Crippen molar-refractivity contribution >= 4 is 21.9 Å². The van der Waals surface area contributed by atoms with Crippen molar-refractivity contribution in [3.63, 3.8) is 0 Å². The van der Waals surface area contributed by atoms with E-state index in [-0.39, 0.29) is 6.04 Å². The van der Waals surface area contributed by atoms with Crippen molar-refractivity contribution in [1.82, 2.24) is 19.7 Å². The minimum atomic E-state index is -1.06. The second-order valence-electron chi connectivity index (χ2n) is 10.6. The highest BCUT2D eigenvalue weighted by molar-refractivity contribution is 6.06. The van der Waals surface area contributed by atoms with Gasteiger partial charge in [-0.25, -0.2) is 0 Å². The summed E-state index contributed by atoms with van der Waals surface area (Å²) in [6, 6.07) is 15.0. The molecule has 0 unspecified atom stereocenters. The van der Waals surface area contributed by atoms with Crippen molar-refractivity contribution in [3.05, 3.63) is 77.6 Å². The number of benzene rings is 1. The second-order valence-corrected chi connectivity index (χ2v) is 10.6. The Morgan fingerprint density at radius 2 is 1.76 bits per heavy atom. The molecule has 190 valence electrons. The van der Waals surface area contributed by atoms with E-state index in [9.17, 15) is 5.11 Å². The fourth-order valence-electron chi connectivity index (χ4n) is 5.78. The van der Waals surface area contributed by atoms with Crippen LogP contribution < -0.4 is 0 Å². The maximum absolute atomic E-state index is 10.8. The predicted molar refractivity (Wildman–Crippen MR) is 143 cm³/mol. The monoisotopic (exact) mass is 496 g/mol. The molecular formula is C30H32N4O3. The van der Waals surface area contributed by atoms with Gasteiger partial charge >= 0.3 is 0 Å². The number of rotatable bonds is 5. The van der Waals surface area contributed by atoms with E-state index in [2.05, 4.69) is 51.1 Å². The highest BCUT2D eigenvalue weighted by Crippen LogP contribution is 2.42. The average molecular weight is 497 g/mol. The molecule has 5 aromatic rings. The van der Waals surface area contributed by atoms with Gasteiger partial charge in [0.1, 0.15) is 11.4 Å². The molecule has 0 spiro atoms. The number of fused-ring (bicyclic) bond motifs is 3. The molecule has 1 fully saturated rings. The van der Waals surface area contributed by atoms with E-state index < -0.39 is 5.60 Å². The number of aryl methyl sites for hydroxylation is 2. The van der Waals surface area contributed by atoms with Gasteiger partial charge in [-0.1, -0.05) is 35.5 Å². The van der Waals surface area contributed by atoms with E-state index in [1.54, 1.807) is 13.8 Å². The first-order valence-corrected chi connectivity index (χ1v) is 12.9. The van der Waals surface area contributed by atoms with E-state index in [1.165, 1.54) is 5.56 Å². The summed E-state index contributed by atoms with van der Waals surface area (Å²) in [5.74, 6) is 1.16. The minimum absolute atomic E-state index is 0.0730. The molecule has 0 aliphatic carbocycles. The van der Waals surface area contributed by atoms with Gasteiger partial charge in [0.2, 0.25) is 0 Å². The van der Waals surface area contributed by atoms with Crippen LogP contribution in [0.25, 0.3) is 33.1 Å². The highest BCUT2D eigenvalue weighted by atomic mass is 16.5. The molecule has 0 radical (unpaired) electrons. The Balaban J connectivity index is 1.69. The lowest BCUT2D eigenvalue weighted by molar-refractivity contribution is 0.0552. The van der Waals surface area contributed by atoms with Crippen LogP contribution in [0, 0.1) is 19.8 Å². The van der Waals surface area contributed by atoms with Crippen LogP contribution in [0.5, 0.6) is 0 Å². The molecule has 0 bridgehead atoms. The summed E-state index contributed by atoms with van der Waals surface area (Å²) >= 11 is 0. The van der Waals surface area contributed by atoms with Gasteiger partial charge in [0.15, 0.2) is 0 Å². The maximum atomic E-state index is 10.8. The molecule has 6 rings (SSSR count). The Kier molecular flexibility index (Phi) is 5.85. The summed E-state index contributed by atoms with van der Waals surface area (Å²) < 4.78 is 13.7. The summed E-state index contributed by atoms with van der Waals surface area (Å²) in [4.78, 5) is 9.60. The summed E-state index contributed by atoms with van der Waals surface area (Å²) in [6.45, 7) is 8.95. The first kappa shape index (κ1) is 23.8. The summed E-state index contributed by atoms with van der Waals surface area (Å²) in [7, 11) is 0. The van der Waals surface area contributed by atoms with Gasteiger partial charge in [0.25, 0.3) is 0 Å². The number of hydrogen-bond donors (Lipinski definition) is 1. The van der Waals surface area contributed by atoms with Crippen LogP contribution in [-0.2, 0) is 10.3 Å². The molecule has 0 saturated carbocycles. The van der Waals surface area contributed by atoms with Crippen LogP contribution in [0.15, 0.2) is 59.4 Å². The maximum Gasteiger partial charge on any atom is 0.141 e. The largest absolute Gasteiger partial charge is 0.384 e. The molecular weight excluding hydrogens is 464 g/mol. The zero-order chi connectivity index (χ0) is 25.7. The fourth-order valence-corrected chi connectivity index (χ4v) is 5.78. The third-order valence-electron chi connectivity index (χ3n) is 7.60. The van der Waals surface area contributed by atoms with Gasteiger partial charge < -0.3 is 18.9 Å². The van der Waals surface area contributed by atoms with E-state index in [0.29, 0.717) is 11.6 Å². The van der Waals surface area contributed by atoms with Crippen molar-refractivity contribution < 1.29 is 14.4 Å². The zero-order valence-corrected chi connectivity index (χ0v) is 21.7. The Hall–Kier alpha value is -3.55. The molecule has 1 N–H and O–H groups in total. The molecule has 1 atom stereocenters. The highest BCUT2D eigenvalue weighted by Gasteiger charge is 2.31. The van der Waals surface area contributed by atoms with Gasteiger partial charge in [-0.05, 0) is 64.2 Å². The molecule has 7 heteroatoms. The first-order chi connectivity index (χ1) is 17.8. The van der Waals surface area contributed by atoms with Crippen LogP contribution in [0.1, 0.15) is 55.4 Å². The van der Waals surface area contributed by atoms with Gasteiger partial charge in [0, 0.05) is 42.1 Å². The topological polar surface area (TPSA) is 86.2 Å². The van der Waals surface area contributed by atoms with Crippen molar-refractivity contribution in [3.8, 4) is 11.1 Å². The third-order valence-corrected chi connectivity index (χ3v) is 7.60. The van der Waals surface area contributed by atoms with Crippen LogP contribution in [-0.4, -0.2) is 38.0 Å². The Morgan fingerprint density at radius 1 is 1.00 bits per heavy atom. The van der Waals surface area contributed by atoms with E-state index in [1.807, 2.05) is 32.3 Å². The second kappa shape index (κ2) is 9.08. The number of ether oxygens (including phenoxy) is 1. The average Bonchev–Trinajstić information content (AvgIpc) is 3.40. The normalized spacial score (nSPS) is 16.0. The predicted octanol–water partition coefficient (Wildman–Crippen LogP) is 6.10. The first-order valence-electron chi connectivity index (χ1n) is 12.9. The van der Waals surface area contributed by atoms with Crippen LogP contribution in [0.3, 0.4) is 0 Å². The number of pyridine rings is 2. The molecule has 7 nitrogen and oxygen atoms in total. The van der Waals surface area contributed by atoms with E-state index in [0.717, 1.165) is 70.6 Å². The fraction of sp³-hybridized carbons (Fsp3) is 0.367. The lowest BCUT2D eigenvalue weighted by atomic mass is 9.86. The van der Waals surface area contributed by atoms with Crippen LogP contribution >= 0.6 is 0 Å².